The van der Waals surface area contributed by atoms with Gasteiger partial charge in [0.25, 0.3) is 0 Å². The predicted molar refractivity (Wildman–Crippen MR) is 99.6 cm³/mol. The molecule has 3 rings (SSSR count). The van der Waals surface area contributed by atoms with Crippen LogP contribution in [-0.2, 0) is 0 Å². The Balaban J connectivity index is 1.78. The zero-order chi connectivity index (χ0) is 18.0. The standard InChI is InChI=1S/C17H15Cl2N5O/c1-9(13-7-4-11(18)8-14(13)19)25-12-5-2-10(3-6-12)15-22-16(20)24-17(21)23-15/h2-9H,1H3,(H4,20,21,22,23,24). The molecule has 0 amide bonds. The molecule has 0 saturated heterocycles. The molecule has 0 aliphatic carbocycles. The van der Waals surface area contributed by atoms with E-state index in [1.165, 1.54) is 0 Å². The van der Waals surface area contributed by atoms with E-state index < -0.39 is 0 Å². The molecule has 1 aromatic heterocycles. The molecule has 0 spiro atoms. The SMILES string of the molecule is CC(Oc1ccc(-c2nc(N)nc(N)n2)cc1)c1ccc(Cl)cc1Cl. The molecule has 128 valence electrons. The van der Waals surface area contributed by atoms with Crippen molar-refractivity contribution in [3.8, 4) is 17.1 Å². The summed E-state index contributed by atoms with van der Waals surface area (Å²) in [5.74, 6) is 1.24. The molecule has 0 fully saturated rings. The number of anilines is 2. The maximum atomic E-state index is 6.21. The summed E-state index contributed by atoms with van der Waals surface area (Å²) in [7, 11) is 0. The molecule has 2 aromatic carbocycles. The van der Waals surface area contributed by atoms with Crippen molar-refractivity contribution in [2.24, 2.45) is 0 Å². The smallest absolute Gasteiger partial charge is 0.225 e. The fourth-order valence-corrected chi connectivity index (χ4v) is 2.88. The van der Waals surface area contributed by atoms with E-state index in [0.717, 1.165) is 11.1 Å². The maximum Gasteiger partial charge on any atom is 0.225 e. The Bertz CT molecular complexity index is 882. The van der Waals surface area contributed by atoms with Crippen molar-refractivity contribution < 1.29 is 4.74 Å². The first-order valence-electron chi connectivity index (χ1n) is 7.41. The number of rotatable bonds is 4. The van der Waals surface area contributed by atoms with Gasteiger partial charge >= 0.3 is 0 Å². The Kier molecular flexibility index (Phi) is 4.92. The van der Waals surface area contributed by atoms with E-state index in [2.05, 4.69) is 15.0 Å². The van der Waals surface area contributed by atoms with E-state index in [9.17, 15) is 0 Å². The van der Waals surface area contributed by atoms with Gasteiger partial charge in [0, 0.05) is 21.2 Å². The summed E-state index contributed by atoms with van der Waals surface area (Å²) in [6, 6.07) is 12.6. The second kappa shape index (κ2) is 7.13. The summed E-state index contributed by atoms with van der Waals surface area (Å²) in [5, 5.41) is 1.15. The van der Waals surface area contributed by atoms with Crippen LogP contribution in [0.2, 0.25) is 10.0 Å². The molecule has 1 heterocycles. The summed E-state index contributed by atoms with van der Waals surface area (Å²) in [4.78, 5) is 11.9. The number of halogens is 2. The van der Waals surface area contributed by atoms with Crippen molar-refractivity contribution in [1.82, 2.24) is 15.0 Å². The lowest BCUT2D eigenvalue weighted by Gasteiger charge is -2.16. The minimum atomic E-state index is -0.237. The van der Waals surface area contributed by atoms with E-state index in [1.807, 2.05) is 37.3 Å². The summed E-state index contributed by atoms with van der Waals surface area (Å²) in [6.07, 6.45) is -0.237. The van der Waals surface area contributed by atoms with Gasteiger partial charge in [0.2, 0.25) is 11.9 Å². The van der Waals surface area contributed by atoms with Gasteiger partial charge in [-0.25, -0.2) is 0 Å². The van der Waals surface area contributed by atoms with Crippen LogP contribution in [0.4, 0.5) is 11.9 Å². The molecular weight excluding hydrogens is 361 g/mol. The van der Waals surface area contributed by atoms with Gasteiger partial charge in [-0.15, -0.1) is 0 Å². The van der Waals surface area contributed by atoms with Gasteiger partial charge in [-0.1, -0.05) is 29.3 Å². The fraction of sp³-hybridized carbons (Fsp3) is 0.118. The molecule has 0 aliphatic rings. The number of benzene rings is 2. The molecule has 0 radical (unpaired) electrons. The van der Waals surface area contributed by atoms with Crippen molar-refractivity contribution in [3.63, 3.8) is 0 Å². The van der Waals surface area contributed by atoms with Crippen LogP contribution in [0.5, 0.6) is 5.75 Å². The average molecular weight is 376 g/mol. The Labute approximate surface area is 154 Å². The molecule has 1 atom stereocenters. The normalized spacial score (nSPS) is 12.0. The van der Waals surface area contributed by atoms with E-state index in [-0.39, 0.29) is 18.0 Å². The van der Waals surface area contributed by atoms with Gasteiger partial charge in [-0.2, -0.15) is 15.0 Å². The van der Waals surface area contributed by atoms with Gasteiger partial charge in [-0.3, -0.25) is 0 Å². The van der Waals surface area contributed by atoms with Crippen molar-refractivity contribution in [2.75, 3.05) is 11.5 Å². The summed E-state index contributed by atoms with van der Waals surface area (Å²) >= 11 is 12.1. The Morgan fingerprint density at radius 3 is 2.16 bits per heavy atom. The van der Waals surface area contributed by atoms with Crippen LogP contribution in [0.15, 0.2) is 42.5 Å². The first-order chi connectivity index (χ1) is 11.9. The topological polar surface area (TPSA) is 99.9 Å². The van der Waals surface area contributed by atoms with Gasteiger partial charge in [0.05, 0.1) is 0 Å². The molecule has 0 aliphatic heterocycles. The first kappa shape index (κ1) is 17.3. The zero-order valence-corrected chi connectivity index (χ0v) is 14.8. The molecular formula is C17H15Cl2N5O. The average Bonchev–Trinajstić information content (AvgIpc) is 2.54. The fourth-order valence-electron chi connectivity index (χ4n) is 2.32. The van der Waals surface area contributed by atoms with Gasteiger partial charge in [0.1, 0.15) is 11.9 Å². The number of aromatic nitrogens is 3. The lowest BCUT2D eigenvalue weighted by Crippen LogP contribution is -2.05. The molecule has 0 bridgehead atoms. The number of nitrogen functional groups attached to an aromatic ring is 2. The predicted octanol–water partition coefficient (Wildman–Crippen LogP) is 4.15. The number of nitrogens with two attached hydrogens (primary N) is 2. The maximum absolute atomic E-state index is 6.21. The van der Waals surface area contributed by atoms with Crippen LogP contribution in [-0.4, -0.2) is 15.0 Å². The first-order valence-corrected chi connectivity index (χ1v) is 8.17. The van der Waals surface area contributed by atoms with Gasteiger partial charge in [0.15, 0.2) is 5.82 Å². The van der Waals surface area contributed by atoms with E-state index in [1.54, 1.807) is 12.1 Å². The quantitative estimate of drug-likeness (QED) is 0.710. The van der Waals surface area contributed by atoms with Gasteiger partial charge < -0.3 is 16.2 Å². The molecule has 6 nitrogen and oxygen atoms in total. The van der Waals surface area contributed by atoms with Crippen molar-refractivity contribution >= 4 is 35.1 Å². The number of hydrogen-bond donors (Lipinski definition) is 2. The minimum Gasteiger partial charge on any atom is -0.486 e. The Morgan fingerprint density at radius 2 is 1.56 bits per heavy atom. The van der Waals surface area contributed by atoms with Gasteiger partial charge in [-0.05, 0) is 43.3 Å². The lowest BCUT2D eigenvalue weighted by atomic mass is 10.1. The summed E-state index contributed by atoms with van der Waals surface area (Å²) in [6.45, 7) is 1.91. The van der Waals surface area contributed by atoms with E-state index >= 15 is 0 Å². The Hall–Kier alpha value is -2.57. The highest BCUT2D eigenvalue weighted by molar-refractivity contribution is 6.35. The van der Waals surface area contributed by atoms with E-state index in [4.69, 9.17) is 39.4 Å². The molecule has 3 aromatic rings. The third kappa shape index (κ3) is 4.10. The van der Waals surface area contributed by atoms with Crippen LogP contribution >= 0.6 is 23.2 Å². The highest BCUT2D eigenvalue weighted by atomic mass is 35.5. The van der Waals surface area contributed by atoms with E-state index in [0.29, 0.717) is 21.6 Å². The van der Waals surface area contributed by atoms with Crippen LogP contribution in [0.25, 0.3) is 11.4 Å². The van der Waals surface area contributed by atoms with Crippen molar-refractivity contribution in [1.29, 1.82) is 0 Å². The lowest BCUT2D eigenvalue weighted by molar-refractivity contribution is 0.227. The van der Waals surface area contributed by atoms with Crippen molar-refractivity contribution in [3.05, 3.63) is 58.1 Å². The zero-order valence-electron chi connectivity index (χ0n) is 13.3. The molecule has 1 unspecified atom stereocenters. The third-order valence-corrected chi connectivity index (χ3v) is 4.06. The Morgan fingerprint density at radius 1 is 0.920 bits per heavy atom. The minimum absolute atomic E-state index is 0.0776. The number of nitrogens with zero attached hydrogens (tertiary/aromatic N) is 3. The third-order valence-electron chi connectivity index (χ3n) is 3.50. The summed E-state index contributed by atoms with van der Waals surface area (Å²) in [5.41, 5.74) is 12.8. The van der Waals surface area contributed by atoms with Crippen LogP contribution < -0.4 is 16.2 Å². The largest absolute Gasteiger partial charge is 0.486 e. The number of hydrogen-bond acceptors (Lipinski definition) is 6. The highest BCUT2D eigenvalue weighted by Gasteiger charge is 2.12. The second-order valence-corrected chi connectivity index (χ2v) is 6.17. The molecule has 8 heteroatoms. The van der Waals surface area contributed by atoms with Crippen LogP contribution in [0, 0.1) is 0 Å². The monoisotopic (exact) mass is 375 g/mol. The van der Waals surface area contributed by atoms with Crippen LogP contribution in [0.1, 0.15) is 18.6 Å². The summed E-state index contributed by atoms with van der Waals surface area (Å²) < 4.78 is 5.93. The highest BCUT2D eigenvalue weighted by Crippen LogP contribution is 2.30. The molecule has 4 N–H and O–H groups in total. The second-order valence-electron chi connectivity index (χ2n) is 5.33. The number of ether oxygens (including phenoxy) is 1. The van der Waals surface area contributed by atoms with Crippen LogP contribution in [0.3, 0.4) is 0 Å². The molecule has 0 saturated carbocycles. The molecule has 25 heavy (non-hydrogen) atoms. The van der Waals surface area contributed by atoms with Crippen molar-refractivity contribution in [2.45, 2.75) is 13.0 Å².